The van der Waals surface area contributed by atoms with Crippen LogP contribution in [0.1, 0.15) is 25.0 Å². The highest BCUT2D eigenvalue weighted by atomic mass is 35.5. The van der Waals surface area contributed by atoms with E-state index >= 15 is 0 Å². The summed E-state index contributed by atoms with van der Waals surface area (Å²) in [6.45, 7) is 4.57. The van der Waals surface area contributed by atoms with Gasteiger partial charge in [-0.15, -0.1) is 0 Å². The Morgan fingerprint density at radius 3 is 2.29 bits per heavy atom. The van der Waals surface area contributed by atoms with E-state index in [9.17, 15) is 18.0 Å². The first-order chi connectivity index (χ1) is 20.0. The number of ether oxygens (including phenoxy) is 2. The van der Waals surface area contributed by atoms with Crippen LogP contribution in [0.5, 0.6) is 11.5 Å². The Balaban J connectivity index is 1.73. The summed E-state index contributed by atoms with van der Waals surface area (Å²) >= 11 is 6.49. The molecule has 0 aromatic heterocycles. The van der Waals surface area contributed by atoms with Gasteiger partial charge < -0.3 is 19.7 Å². The average Bonchev–Trinajstić information content (AvgIpc) is 2.97. The number of sulfonamides is 1. The summed E-state index contributed by atoms with van der Waals surface area (Å²) in [6.07, 6.45) is 1.26. The minimum Gasteiger partial charge on any atom is -0.486 e. The van der Waals surface area contributed by atoms with Crippen LogP contribution in [0, 0.1) is 5.92 Å². The summed E-state index contributed by atoms with van der Waals surface area (Å²) in [4.78, 5) is 29.3. The normalized spacial score (nSPS) is 13.4. The first kappa shape index (κ1) is 31.2. The monoisotopic (exact) mass is 613 g/mol. The number of nitrogens with one attached hydrogen (secondary N) is 1. The fraction of sp³-hybridized carbons (Fsp3) is 0.355. The van der Waals surface area contributed by atoms with Gasteiger partial charge in [0.1, 0.15) is 25.8 Å². The molecule has 0 saturated carbocycles. The van der Waals surface area contributed by atoms with Crippen LogP contribution < -0.4 is 19.1 Å². The molecule has 0 radical (unpaired) electrons. The summed E-state index contributed by atoms with van der Waals surface area (Å²) in [5.41, 5.74) is 1.73. The van der Waals surface area contributed by atoms with Crippen LogP contribution in [0.15, 0.2) is 72.8 Å². The van der Waals surface area contributed by atoms with E-state index in [2.05, 4.69) is 5.32 Å². The molecule has 0 aliphatic carbocycles. The van der Waals surface area contributed by atoms with Crippen molar-refractivity contribution in [1.29, 1.82) is 0 Å². The molecule has 0 bridgehead atoms. The van der Waals surface area contributed by atoms with E-state index < -0.39 is 28.5 Å². The molecule has 0 fully saturated rings. The Morgan fingerprint density at radius 2 is 1.62 bits per heavy atom. The second-order valence-corrected chi connectivity index (χ2v) is 12.9. The van der Waals surface area contributed by atoms with E-state index in [-0.39, 0.29) is 30.5 Å². The molecule has 0 saturated heterocycles. The van der Waals surface area contributed by atoms with Crippen molar-refractivity contribution in [3.63, 3.8) is 0 Å². The lowest BCUT2D eigenvalue weighted by Gasteiger charge is -2.34. The highest BCUT2D eigenvalue weighted by Gasteiger charge is 2.33. The number of nitrogens with zero attached hydrogens (tertiary/aromatic N) is 2. The molecule has 1 atom stereocenters. The van der Waals surface area contributed by atoms with Gasteiger partial charge in [0.2, 0.25) is 21.8 Å². The van der Waals surface area contributed by atoms with Crippen molar-refractivity contribution in [1.82, 2.24) is 10.2 Å². The zero-order valence-electron chi connectivity index (χ0n) is 24.0. The standard InChI is InChI=1S/C31H36ClN3O6S/c1-22(2)19-33-31(37)27(17-23-9-5-4-6-10-23)34(20-24-11-7-8-12-26(24)32)30(36)21-35(42(3,38)39)25-13-14-28-29(18-25)41-16-15-40-28/h4-14,18,22,27H,15-17,19-21H2,1-3H3,(H,33,37)/t27-/m0/s1. The second kappa shape index (κ2) is 13.9. The number of amides is 2. The molecular weight excluding hydrogens is 578 g/mol. The molecule has 0 unspecified atom stereocenters. The van der Waals surface area contributed by atoms with Crippen molar-refractivity contribution >= 4 is 39.1 Å². The maximum atomic E-state index is 14.2. The van der Waals surface area contributed by atoms with Crippen LogP contribution in [0.25, 0.3) is 0 Å². The summed E-state index contributed by atoms with van der Waals surface area (Å²) in [5, 5.41) is 3.39. The number of fused-ring (bicyclic) bond motifs is 1. The maximum absolute atomic E-state index is 14.2. The van der Waals surface area contributed by atoms with Gasteiger partial charge in [-0.3, -0.25) is 13.9 Å². The van der Waals surface area contributed by atoms with Gasteiger partial charge in [-0.1, -0.05) is 74.0 Å². The van der Waals surface area contributed by atoms with Crippen LogP contribution in [-0.2, 0) is 32.6 Å². The Labute approximate surface area is 252 Å². The van der Waals surface area contributed by atoms with Crippen LogP contribution in [-0.4, -0.2) is 63.7 Å². The van der Waals surface area contributed by atoms with Crippen LogP contribution >= 0.6 is 11.6 Å². The minimum absolute atomic E-state index is 0.00382. The number of rotatable bonds is 12. The van der Waals surface area contributed by atoms with Crippen molar-refractivity contribution in [2.75, 3.05) is 36.9 Å². The van der Waals surface area contributed by atoms with Gasteiger partial charge >= 0.3 is 0 Å². The third-order valence-corrected chi connectivity index (χ3v) is 8.26. The zero-order valence-corrected chi connectivity index (χ0v) is 25.5. The lowest BCUT2D eigenvalue weighted by molar-refractivity contribution is -0.140. The first-order valence-electron chi connectivity index (χ1n) is 13.7. The van der Waals surface area contributed by atoms with Crippen LogP contribution in [0.4, 0.5) is 5.69 Å². The quantitative estimate of drug-likeness (QED) is 0.327. The SMILES string of the molecule is CC(C)CNC(=O)[C@H](Cc1ccccc1)N(Cc1ccccc1Cl)C(=O)CN(c1ccc2c(c1)OCCO2)S(C)(=O)=O. The van der Waals surface area contributed by atoms with Crippen LogP contribution in [0.3, 0.4) is 0 Å². The fourth-order valence-electron chi connectivity index (χ4n) is 4.59. The zero-order chi connectivity index (χ0) is 30.3. The Bertz CT molecular complexity index is 1500. The van der Waals surface area contributed by atoms with Gasteiger partial charge in [0, 0.05) is 30.6 Å². The van der Waals surface area contributed by atoms with Gasteiger partial charge in [0.15, 0.2) is 11.5 Å². The van der Waals surface area contributed by atoms with Gasteiger partial charge in [-0.25, -0.2) is 8.42 Å². The van der Waals surface area contributed by atoms with Crippen molar-refractivity contribution in [2.24, 2.45) is 5.92 Å². The Kier molecular flexibility index (Phi) is 10.3. The average molecular weight is 614 g/mol. The molecule has 3 aromatic rings. The van der Waals surface area contributed by atoms with Gasteiger partial charge in [-0.2, -0.15) is 0 Å². The van der Waals surface area contributed by atoms with Gasteiger partial charge in [-0.05, 0) is 35.2 Å². The highest BCUT2D eigenvalue weighted by molar-refractivity contribution is 7.92. The van der Waals surface area contributed by atoms with E-state index in [0.717, 1.165) is 16.1 Å². The number of benzene rings is 3. The molecule has 1 heterocycles. The first-order valence-corrected chi connectivity index (χ1v) is 16.0. The Morgan fingerprint density at radius 1 is 0.952 bits per heavy atom. The summed E-state index contributed by atoms with van der Waals surface area (Å²) in [5.74, 6) is 0.182. The summed E-state index contributed by atoms with van der Waals surface area (Å²) in [7, 11) is -3.92. The predicted octanol–water partition coefficient (Wildman–Crippen LogP) is 4.29. The molecule has 2 amide bonds. The van der Waals surface area contributed by atoms with Crippen molar-refractivity contribution in [2.45, 2.75) is 32.9 Å². The largest absolute Gasteiger partial charge is 0.486 e. The van der Waals surface area contributed by atoms with E-state index in [1.165, 1.54) is 11.0 Å². The van der Waals surface area contributed by atoms with Crippen molar-refractivity contribution < 1.29 is 27.5 Å². The summed E-state index contributed by atoms with van der Waals surface area (Å²) < 4.78 is 38.3. The lowest BCUT2D eigenvalue weighted by atomic mass is 10.0. The van der Waals surface area contributed by atoms with E-state index in [0.29, 0.717) is 41.8 Å². The fourth-order valence-corrected chi connectivity index (χ4v) is 5.62. The molecular formula is C31H36ClN3O6S. The van der Waals surface area contributed by atoms with Crippen molar-refractivity contribution in [3.05, 3.63) is 88.9 Å². The molecule has 11 heteroatoms. The second-order valence-electron chi connectivity index (χ2n) is 10.6. The lowest BCUT2D eigenvalue weighted by Crippen LogP contribution is -2.53. The van der Waals surface area contributed by atoms with E-state index in [4.69, 9.17) is 21.1 Å². The smallest absolute Gasteiger partial charge is 0.244 e. The molecule has 1 aliphatic rings. The summed E-state index contributed by atoms with van der Waals surface area (Å²) in [6, 6.07) is 20.2. The third kappa shape index (κ3) is 8.17. The molecule has 1 aliphatic heterocycles. The number of hydrogen-bond acceptors (Lipinski definition) is 6. The van der Waals surface area contributed by atoms with Crippen molar-refractivity contribution in [3.8, 4) is 11.5 Å². The number of halogens is 1. The molecule has 1 N–H and O–H groups in total. The predicted molar refractivity (Wildman–Crippen MR) is 163 cm³/mol. The minimum atomic E-state index is -3.92. The maximum Gasteiger partial charge on any atom is 0.244 e. The van der Waals surface area contributed by atoms with Gasteiger partial charge in [0.25, 0.3) is 0 Å². The Hall–Kier alpha value is -3.76. The topological polar surface area (TPSA) is 105 Å². The molecule has 9 nitrogen and oxygen atoms in total. The van der Waals surface area contributed by atoms with Gasteiger partial charge in [0.05, 0.1) is 11.9 Å². The number of hydrogen-bond donors (Lipinski definition) is 1. The van der Waals surface area contributed by atoms with Crippen LogP contribution in [0.2, 0.25) is 5.02 Å². The molecule has 224 valence electrons. The molecule has 4 rings (SSSR count). The molecule has 3 aromatic carbocycles. The van der Waals surface area contributed by atoms with E-state index in [1.807, 2.05) is 44.2 Å². The van der Waals surface area contributed by atoms with E-state index in [1.54, 1.807) is 36.4 Å². The number of carbonyl (C=O) groups excluding carboxylic acids is 2. The molecule has 42 heavy (non-hydrogen) atoms. The number of carbonyl (C=O) groups is 2. The highest BCUT2D eigenvalue weighted by Crippen LogP contribution is 2.35. The molecule has 0 spiro atoms. The third-order valence-electron chi connectivity index (χ3n) is 6.75. The number of anilines is 1.